The van der Waals surface area contributed by atoms with Crippen LogP contribution in [0.5, 0.6) is 0 Å². The molecule has 102 valence electrons. The number of amides is 2. The molecular weight excluding hydrogens is 254 g/mol. The summed E-state index contributed by atoms with van der Waals surface area (Å²) in [4.78, 5) is 23.3. The van der Waals surface area contributed by atoms with E-state index in [9.17, 15) is 9.59 Å². The molecule has 0 saturated carbocycles. The molecule has 0 atom stereocenters. The van der Waals surface area contributed by atoms with Crippen molar-refractivity contribution in [3.8, 4) is 0 Å². The highest BCUT2D eigenvalue weighted by molar-refractivity contribution is 6.08. The van der Waals surface area contributed by atoms with Crippen molar-refractivity contribution in [2.75, 3.05) is 11.1 Å². The van der Waals surface area contributed by atoms with Crippen LogP contribution >= 0.6 is 0 Å². The number of hydrogen-bond donors (Lipinski definition) is 3. The van der Waals surface area contributed by atoms with Gasteiger partial charge in [-0.15, -0.1) is 0 Å². The summed E-state index contributed by atoms with van der Waals surface area (Å²) >= 11 is 0. The quantitative estimate of drug-likeness (QED) is 0.742. The SMILES string of the molecule is Cc1cccc(C(=O)Nc2cccc(C(N)=O)c2)c1N. The number of nitrogens with one attached hydrogen (secondary N) is 1. The second-order valence-electron chi connectivity index (χ2n) is 4.44. The van der Waals surface area contributed by atoms with Crippen molar-refractivity contribution in [3.05, 3.63) is 59.2 Å². The molecule has 2 rings (SSSR count). The Labute approximate surface area is 116 Å². The fourth-order valence-corrected chi connectivity index (χ4v) is 1.83. The number of aryl methyl sites for hydroxylation is 1. The van der Waals surface area contributed by atoms with E-state index in [1.807, 2.05) is 13.0 Å². The van der Waals surface area contributed by atoms with Crippen LogP contribution in [-0.4, -0.2) is 11.8 Å². The summed E-state index contributed by atoms with van der Waals surface area (Å²) in [6, 6.07) is 11.7. The van der Waals surface area contributed by atoms with Crippen molar-refractivity contribution in [2.45, 2.75) is 6.92 Å². The highest BCUT2D eigenvalue weighted by atomic mass is 16.2. The van der Waals surface area contributed by atoms with Crippen molar-refractivity contribution < 1.29 is 9.59 Å². The molecule has 5 N–H and O–H groups in total. The Morgan fingerprint density at radius 3 is 2.50 bits per heavy atom. The molecule has 0 heterocycles. The molecule has 0 fully saturated rings. The van der Waals surface area contributed by atoms with E-state index < -0.39 is 5.91 Å². The van der Waals surface area contributed by atoms with Crippen LogP contribution in [0.3, 0.4) is 0 Å². The Kier molecular flexibility index (Phi) is 3.70. The molecular formula is C15H15N3O2. The van der Waals surface area contributed by atoms with Crippen LogP contribution in [0.25, 0.3) is 0 Å². The third kappa shape index (κ3) is 2.77. The molecule has 5 nitrogen and oxygen atoms in total. The predicted octanol–water partition coefficient (Wildman–Crippen LogP) is 1.93. The van der Waals surface area contributed by atoms with E-state index in [1.54, 1.807) is 30.3 Å². The van der Waals surface area contributed by atoms with Crippen LogP contribution in [0.1, 0.15) is 26.3 Å². The van der Waals surface area contributed by atoms with Crippen LogP contribution in [0.4, 0.5) is 11.4 Å². The lowest BCUT2D eigenvalue weighted by Gasteiger charge is -2.09. The van der Waals surface area contributed by atoms with Crippen LogP contribution in [0, 0.1) is 6.92 Å². The molecule has 0 radical (unpaired) electrons. The molecule has 20 heavy (non-hydrogen) atoms. The molecule has 0 aliphatic heterocycles. The van der Waals surface area contributed by atoms with E-state index >= 15 is 0 Å². The molecule has 0 unspecified atom stereocenters. The minimum Gasteiger partial charge on any atom is -0.398 e. The van der Waals surface area contributed by atoms with Gasteiger partial charge in [-0.3, -0.25) is 9.59 Å². The van der Waals surface area contributed by atoms with Gasteiger partial charge in [0.05, 0.1) is 5.56 Å². The summed E-state index contributed by atoms with van der Waals surface area (Å²) in [5, 5.41) is 2.69. The van der Waals surface area contributed by atoms with Crippen LogP contribution < -0.4 is 16.8 Å². The summed E-state index contributed by atoms with van der Waals surface area (Å²) < 4.78 is 0. The average molecular weight is 269 g/mol. The zero-order valence-electron chi connectivity index (χ0n) is 11.0. The number of primary amides is 1. The third-order valence-electron chi connectivity index (χ3n) is 2.97. The van der Waals surface area contributed by atoms with E-state index in [2.05, 4.69) is 5.32 Å². The van der Waals surface area contributed by atoms with Crippen molar-refractivity contribution in [1.82, 2.24) is 0 Å². The van der Waals surface area contributed by atoms with E-state index in [-0.39, 0.29) is 5.91 Å². The zero-order chi connectivity index (χ0) is 14.7. The van der Waals surface area contributed by atoms with Crippen LogP contribution in [0.2, 0.25) is 0 Å². The van der Waals surface area contributed by atoms with Crippen molar-refractivity contribution in [2.24, 2.45) is 5.73 Å². The Bertz CT molecular complexity index is 681. The van der Waals surface area contributed by atoms with Gasteiger partial charge in [-0.25, -0.2) is 0 Å². The van der Waals surface area contributed by atoms with Gasteiger partial charge in [-0.2, -0.15) is 0 Å². The fraction of sp³-hybridized carbons (Fsp3) is 0.0667. The van der Waals surface area contributed by atoms with E-state index in [4.69, 9.17) is 11.5 Å². The van der Waals surface area contributed by atoms with E-state index in [0.29, 0.717) is 22.5 Å². The lowest BCUT2D eigenvalue weighted by Crippen LogP contribution is -2.16. The molecule has 0 bridgehead atoms. The number of carbonyl (C=O) groups excluding carboxylic acids is 2. The lowest BCUT2D eigenvalue weighted by atomic mass is 10.1. The van der Waals surface area contributed by atoms with Gasteiger partial charge in [-0.1, -0.05) is 18.2 Å². The van der Waals surface area contributed by atoms with Crippen molar-refractivity contribution >= 4 is 23.2 Å². The normalized spacial score (nSPS) is 10.1. The van der Waals surface area contributed by atoms with Crippen LogP contribution in [0.15, 0.2) is 42.5 Å². The first-order chi connectivity index (χ1) is 9.49. The smallest absolute Gasteiger partial charge is 0.257 e. The molecule has 0 saturated heterocycles. The first-order valence-electron chi connectivity index (χ1n) is 6.05. The van der Waals surface area contributed by atoms with E-state index in [0.717, 1.165) is 5.56 Å². The Morgan fingerprint density at radius 2 is 1.80 bits per heavy atom. The number of rotatable bonds is 3. The largest absolute Gasteiger partial charge is 0.398 e. The molecule has 2 amide bonds. The third-order valence-corrected chi connectivity index (χ3v) is 2.97. The standard InChI is InChI=1S/C15H15N3O2/c1-9-4-2-7-12(13(9)16)15(20)18-11-6-3-5-10(8-11)14(17)19/h2-8H,16H2,1H3,(H2,17,19)(H,18,20). The Morgan fingerprint density at radius 1 is 1.10 bits per heavy atom. The van der Waals surface area contributed by atoms with Gasteiger partial charge in [0, 0.05) is 16.9 Å². The van der Waals surface area contributed by atoms with Crippen molar-refractivity contribution in [1.29, 1.82) is 0 Å². The Hall–Kier alpha value is -2.82. The van der Waals surface area contributed by atoms with Gasteiger partial charge in [-0.05, 0) is 36.8 Å². The topological polar surface area (TPSA) is 98.2 Å². The summed E-state index contributed by atoms with van der Waals surface area (Å²) in [5.74, 6) is -0.871. The second-order valence-corrected chi connectivity index (χ2v) is 4.44. The number of carbonyl (C=O) groups is 2. The monoisotopic (exact) mass is 269 g/mol. The minimum absolute atomic E-state index is 0.326. The maximum atomic E-state index is 12.2. The van der Waals surface area contributed by atoms with E-state index in [1.165, 1.54) is 6.07 Å². The molecule has 5 heteroatoms. The molecule has 0 spiro atoms. The second kappa shape index (κ2) is 5.44. The Balaban J connectivity index is 2.26. The van der Waals surface area contributed by atoms with Gasteiger partial charge < -0.3 is 16.8 Å². The summed E-state index contributed by atoms with van der Waals surface area (Å²) in [7, 11) is 0. The van der Waals surface area contributed by atoms with Crippen molar-refractivity contribution in [3.63, 3.8) is 0 Å². The number of nitrogens with two attached hydrogens (primary N) is 2. The number of anilines is 2. The molecule has 0 aliphatic carbocycles. The van der Waals surface area contributed by atoms with Gasteiger partial charge in [0.25, 0.3) is 5.91 Å². The summed E-state index contributed by atoms with van der Waals surface area (Å²) in [6.07, 6.45) is 0. The highest BCUT2D eigenvalue weighted by Crippen LogP contribution is 2.18. The molecule has 0 aliphatic rings. The lowest BCUT2D eigenvalue weighted by molar-refractivity contribution is 0.0996. The number of hydrogen-bond acceptors (Lipinski definition) is 3. The number of nitrogen functional groups attached to an aromatic ring is 1. The average Bonchev–Trinajstić information content (AvgIpc) is 2.42. The first kappa shape index (κ1) is 13.6. The van der Waals surface area contributed by atoms with Gasteiger partial charge in [0.15, 0.2) is 0 Å². The molecule has 2 aromatic carbocycles. The predicted molar refractivity (Wildman–Crippen MR) is 78.5 cm³/mol. The molecule has 0 aromatic heterocycles. The summed E-state index contributed by atoms with van der Waals surface area (Å²) in [5.41, 5.74) is 13.6. The van der Waals surface area contributed by atoms with Gasteiger partial charge >= 0.3 is 0 Å². The highest BCUT2D eigenvalue weighted by Gasteiger charge is 2.11. The van der Waals surface area contributed by atoms with Crippen LogP contribution in [-0.2, 0) is 0 Å². The summed E-state index contributed by atoms with van der Waals surface area (Å²) in [6.45, 7) is 1.83. The number of benzene rings is 2. The minimum atomic E-state index is -0.545. The molecule has 2 aromatic rings. The maximum Gasteiger partial charge on any atom is 0.257 e. The maximum absolute atomic E-state index is 12.2. The fourth-order valence-electron chi connectivity index (χ4n) is 1.83. The van der Waals surface area contributed by atoms with Gasteiger partial charge in [0.2, 0.25) is 5.91 Å². The zero-order valence-corrected chi connectivity index (χ0v) is 11.0. The van der Waals surface area contributed by atoms with Gasteiger partial charge in [0.1, 0.15) is 0 Å². The first-order valence-corrected chi connectivity index (χ1v) is 6.05. The number of para-hydroxylation sites is 1.